The van der Waals surface area contributed by atoms with Gasteiger partial charge in [-0.15, -0.1) is 0 Å². The maximum absolute atomic E-state index is 13.4. The molecule has 0 bridgehead atoms. The number of benzene rings is 2. The normalized spacial score (nSPS) is 15.3. The van der Waals surface area contributed by atoms with Crippen molar-refractivity contribution in [2.24, 2.45) is 5.92 Å². The van der Waals surface area contributed by atoms with Gasteiger partial charge in [-0.2, -0.15) is 18.3 Å². The minimum Gasteiger partial charge on any atom is -0.356 e. The van der Waals surface area contributed by atoms with E-state index < -0.39 is 11.7 Å². The van der Waals surface area contributed by atoms with Crippen LogP contribution in [0.4, 0.5) is 19.0 Å². The van der Waals surface area contributed by atoms with Gasteiger partial charge >= 0.3 is 6.18 Å². The highest BCUT2D eigenvalue weighted by molar-refractivity contribution is 5.89. The van der Waals surface area contributed by atoms with Crippen molar-refractivity contribution in [2.75, 3.05) is 18.0 Å². The Kier molecular flexibility index (Phi) is 5.99. The second kappa shape index (κ2) is 8.98. The van der Waals surface area contributed by atoms with Gasteiger partial charge in [0.05, 0.1) is 22.8 Å². The van der Waals surface area contributed by atoms with Crippen molar-refractivity contribution >= 4 is 16.9 Å². The van der Waals surface area contributed by atoms with Gasteiger partial charge in [0.1, 0.15) is 5.82 Å². The molecule has 4 aromatic rings. The maximum atomic E-state index is 13.4. The van der Waals surface area contributed by atoms with Crippen molar-refractivity contribution in [3.05, 3.63) is 65.9 Å². The summed E-state index contributed by atoms with van der Waals surface area (Å²) in [5, 5.41) is 5.40. The summed E-state index contributed by atoms with van der Waals surface area (Å²) in [6.45, 7) is 8.18. The Labute approximate surface area is 202 Å². The Hall–Kier alpha value is -3.42. The third-order valence-electron chi connectivity index (χ3n) is 6.74. The van der Waals surface area contributed by atoms with E-state index in [0.29, 0.717) is 23.0 Å². The zero-order chi connectivity index (χ0) is 24.7. The van der Waals surface area contributed by atoms with Crippen LogP contribution < -0.4 is 4.90 Å². The highest BCUT2D eigenvalue weighted by Gasteiger charge is 2.31. The largest absolute Gasteiger partial charge is 0.416 e. The standard InChI is InChI=1S/C27H28F3N5/c1-17(2)19-7-9-22(10-8-19)35-26-23(16-31-35)25(34-13-11-18(3)12-14-34)32-24(33-26)20-5-4-6-21(15-20)27(28,29)30/h4-10,15-18H,11-14H2,1-3H3. The lowest BCUT2D eigenvalue weighted by Crippen LogP contribution is -2.33. The van der Waals surface area contributed by atoms with Gasteiger partial charge < -0.3 is 4.90 Å². The van der Waals surface area contributed by atoms with Gasteiger partial charge in [0.2, 0.25) is 0 Å². The van der Waals surface area contributed by atoms with Gasteiger partial charge in [-0.1, -0.05) is 45.0 Å². The van der Waals surface area contributed by atoms with Gasteiger partial charge in [0.15, 0.2) is 11.5 Å². The number of rotatable bonds is 4. The Morgan fingerprint density at radius 1 is 0.971 bits per heavy atom. The van der Waals surface area contributed by atoms with E-state index >= 15 is 0 Å². The number of hydrogen-bond donors (Lipinski definition) is 0. The molecule has 0 amide bonds. The quantitative estimate of drug-likeness (QED) is 0.321. The van der Waals surface area contributed by atoms with Gasteiger partial charge in [-0.3, -0.25) is 0 Å². The van der Waals surface area contributed by atoms with Crippen LogP contribution in [0.3, 0.4) is 0 Å². The number of piperidine rings is 1. The lowest BCUT2D eigenvalue weighted by Gasteiger charge is -2.31. The average Bonchev–Trinajstić information content (AvgIpc) is 3.28. The molecule has 0 aliphatic carbocycles. The molecule has 1 aliphatic heterocycles. The summed E-state index contributed by atoms with van der Waals surface area (Å²) < 4.78 is 42.0. The van der Waals surface area contributed by atoms with E-state index in [-0.39, 0.29) is 5.82 Å². The van der Waals surface area contributed by atoms with Crippen molar-refractivity contribution in [3.63, 3.8) is 0 Å². The molecule has 2 aromatic carbocycles. The monoisotopic (exact) mass is 479 g/mol. The molecule has 3 heterocycles. The summed E-state index contributed by atoms with van der Waals surface area (Å²) in [6, 6.07) is 13.3. The number of aromatic nitrogens is 4. The molecule has 35 heavy (non-hydrogen) atoms. The van der Waals surface area contributed by atoms with Crippen LogP contribution in [-0.4, -0.2) is 32.8 Å². The van der Waals surface area contributed by atoms with Crippen molar-refractivity contribution in [3.8, 4) is 17.1 Å². The molecule has 1 fully saturated rings. The number of halogens is 3. The van der Waals surface area contributed by atoms with E-state index in [0.717, 1.165) is 55.0 Å². The predicted octanol–water partition coefficient (Wildman–Crippen LogP) is 6.86. The number of nitrogens with zero attached hydrogens (tertiary/aromatic N) is 5. The van der Waals surface area contributed by atoms with E-state index in [1.807, 2.05) is 12.1 Å². The summed E-state index contributed by atoms with van der Waals surface area (Å²) in [4.78, 5) is 11.7. The Morgan fingerprint density at radius 3 is 2.34 bits per heavy atom. The lowest BCUT2D eigenvalue weighted by molar-refractivity contribution is -0.137. The topological polar surface area (TPSA) is 46.8 Å². The zero-order valence-electron chi connectivity index (χ0n) is 20.0. The van der Waals surface area contributed by atoms with Gasteiger partial charge in [-0.05, 0) is 54.5 Å². The maximum Gasteiger partial charge on any atom is 0.416 e. The van der Waals surface area contributed by atoms with Crippen LogP contribution in [0.2, 0.25) is 0 Å². The molecule has 0 N–H and O–H groups in total. The molecular weight excluding hydrogens is 451 g/mol. The Morgan fingerprint density at radius 2 is 1.69 bits per heavy atom. The van der Waals surface area contributed by atoms with Gasteiger partial charge in [0.25, 0.3) is 0 Å². The first-order chi connectivity index (χ1) is 16.7. The Balaban J connectivity index is 1.67. The summed E-state index contributed by atoms with van der Waals surface area (Å²) >= 11 is 0. The first-order valence-electron chi connectivity index (χ1n) is 12.0. The van der Waals surface area contributed by atoms with Crippen LogP contribution in [0.15, 0.2) is 54.7 Å². The summed E-state index contributed by atoms with van der Waals surface area (Å²) in [6.07, 6.45) is -0.606. The second-order valence-corrected chi connectivity index (χ2v) is 9.66. The van der Waals surface area contributed by atoms with E-state index in [9.17, 15) is 13.2 Å². The predicted molar refractivity (Wildman–Crippen MR) is 132 cm³/mol. The molecule has 182 valence electrons. The van der Waals surface area contributed by atoms with Gasteiger partial charge in [0, 0.05) is 18.7 Å². The molecule has 0 spiro atoms. The van der Waals surface area contributed by atoms with Crippen LogP contribution in [-0.2, 0) is 6.18 Å². The molecule has 0 atom stereocenters. The van der Waals surface area contributed by atoms with E-state index in [4.69, 9.17) is 9.97 Å². The number of anilines is 1. The third-order valence-corrected chi connectivity index (χ3v) is 6.74. The average molecular weight is 480 g/mol. The summed E-state index contributed by atoms with van der Waals surface area (Å²) in [5.41, 5.74) is 2.25. The van der Waals surface area contributed by atoms with Crippen molar-refractivity contribution in [1.82, 2.24) is 19.7 Å². The van der Waals surface area contributed by atoms with Gasteiger partial charge in [-0.25, -0.2) is 14.6 Å². The minimum atomic E-state index is -4.44. The fourth-order valence-electron chi connectivity index (χ4n) is 4.51. The van der Waals surface area contributed by atoms with Crippen LogP contribution in [0.25, 0.3) is 28.1 Å². The summed E-state index contributed by atoms with van der Waals surface area (Å²) in [5.74, 6) is 2.02. The molecule has 5 nitrogen and oxygen atoms in total. The lowest BCUT2D eigenvalue weighted by atomic mass is 9.99. The Bertz CT molecular complexity index is 1330. The molecule has 0 unspecified atom stereocenters. The van der Waals surface area contributed by atoms with Crippen LogP contribution in [0, 0.1) is 5.92 Å². The van der Waals surface area contributed by atoms with E-state index in [2.05, 4.69) is 42.9 Å². The summed E-state index contributed by atoms with van der Waals surface area (Å²) in [7, 11) is 0. The number of alkyl halides is 3. The molecule has 1 aliphatic rings. The molecule has 8 heteroatoms. The molecule has 5 rings (SSSR count). The van der Waals surface area contributed by atoms with Crippen molar-refractivity contribution in [2.45, 2.75) is 45.7 Å². The van der Waals surface area contributed by atoms with E-state index in [1.165, 1.54) is 11.6 Å². The molecule has 0 radical (unpaired) electrons. The second-order valence-electron chi connectivity index (χ2n) is 9.66. The molecule has 0 saturated carbocycles. The molecule has 1 saturated heterocycles. The highest BCUT2D eigenvalue weighted by atomic mass is 19.4. The smallest absolute Gasteiger partial charge is 0.356 e. The van der Waals surface area contributed by atoms with Crippen LogP contribution >= 0.6 is 0 Å². The molecule has 2 aromatic heterocycles. The highest BCUT2D eigenvalue weighted by Crippen LogP contribution is 2.34. The fraction of sp³-hybridized carbons (Fsp3) is 0.370. The molecular formula is C27H28F3N5. The third kappa shape index (κ3) is 4.61. The number of hydrogen-bond acceptors (Lipinski definition) is 4. The fourth-order valence-corrected chi connectivity index (χ4v) is 4.51. The zero-order valence-corrected chi connectivity index (χ0v) is 20.0. The first kappa shape index (κ1) is 23.3. The van der Waals surface area contributed by atoms with E-state index in [1.54, 1.807) is 16.9 Å². The van der Waals surface area contributed by atoms with Crippen LogP contribution in [0.1, 0.15) is 50.7 Å². The number of fused-ring (bicyclic) bond motifs is 1. The van der Waals surface area contributed by atoms with Crippen molar-refractivity contribution < 1.29 is 13.2 Å². The minimum absolute atomic E-state index is 0.262. The van der Waals surface area contributed by atoms with Crippen molar-refractivity contribution in [1.29, 1.82) is 0 Å². The van der Waals surface area contributed by atoms with Crippen LogP contribution in [0.5, 0.6) is 0 Å². The SMILES string of the molecule is CC1CCN(c2nc(-c3cccc(C(F)(F)F)c3)nc3c2cnn3-c2ccc(C(C)C)cc2)CC1. The first-order valence-corrected chi connectivity index (χ1v) is 12.0.